The number of hydrogen-bond acceptors (Lipinski definition) is 4. The summed E-state index contributed by atoms with van der Waals surface area (Å²) in [4.78, 5) is 27.4. The first-order valence-electron chi connectivity index (χ1n) is 8.01. The highest BCUT2D eigenvalue weighted by Crippen LogP contribution is 2.31. The number of hydrogen-bond donors (Lipinski definition) is 0. The number of nitrogens with zero attached hydrogens (tertiary/aromatic N) is 2. The second kappa shape index (κ2) is 9.02. The summed E-state index contributed by atoms with van der Waals surface area (Å²) in [6.07, 6.45) is -0.912. The zero-order chi connectivity index (χ0) is 17.4. The predicted octanol–water partition coefficient (Wildman–Crippen LogP) is 3.68. The van der Waals surface area contributed by atoms with Crippen LogP contribution in [0.3, 0.4) is 0 Å². The van der Waals surface area contributed by atoms with Gasteiger partial charge >= 0.3 is 12.2 Å². The van der Waals surface area contributed by atoms with Crippen LogP contribution in [0.25, 0.3) is 0 Å². The van der Waals surface area contributed by atoms with Crippen LogP contribution in [-0.2, 0) is 0 Å². The molecule has 0 heterocycles. The first-order valence-corrected chi connectivity index (χ1v) is 8.01. The number of para-hydroxylation sites is 1. The summed E-state index contributed by atoms with van der Waals surface area (Å²) in [6.45, 7) is 11.5. The molecule has 0 fully saturated rings. The molecule has 0 unspecified atom stereocenters. The molecule has 0 aliphatic heterocycles. The van der Waals surface area contributed by atoms with Gasteiger partial charge in [0.2, 0.25) is 0 Å². The Morgan fingerprint density at radius 2 is 1.35 bits per heavy atom. The minimum Gasteiger partial charge on any atom is -0.406 e. The van der Waals surface area contributed by atoms with Crippen LogP contribution in [0, 0.1) is 6.92 Å². The van der Waals surface area contributed by atoms with E-state index in [1.54, 1.807) is 34.9 Å². The van der Waals surface area contributed by atoms with Gasteiger partial charge in [-0.25, -0.2) is 9.59 Å². The van der Waals surface area contributed by atoms with Crippen molar-refractivity contribution in [2.75, 3.05) is 26.2 Å². The van der Waals surface area contributed by atoms with Crippen LogP contribution in [0.5, 0.6) is 11.5 Å². The normalized spacial score (nSPS) is 10.1. The van der Waals surface area contributed by atoms with E-state index in [9.17, 15) is 9.59 Å². The van der Waals surface area contributed by atoms with Crippen molar-refractivity contribution >= 4 is 12.2 Å². The summed E-state index contributed by atoms with van der Waals surface area (Å²) >= 11 is 0. The molecule has 0 spiro atoms. The summed E-state index contributed by atoms with van der Waals surface area (Å²) < 4.78 is 10.9. The van der Waals surface area contributed by atoms with Gasteiger partial charge in [-0.2, -0.15) is 0 Å². The highest BCUT2D eigenvalue weighted by molar-refractivity contribution is 5.75. The summed E-state index contributed by atoms with van der Waals surface area (Å²) in [7, 11) is 0. The van der Waals surface area contributed by atoms with Gasteiger partial charge in [-0.3, -0.25) is 0 Å². The molecule has 0 N–H and O–H groups in total. The van der Waals surface area contributed by atoms with E-state index in [1.165, 1.54) is 0 Å². The molecule has 0 radical (unpaired) electrons. The molecule has 0 aromatic heterocycles. The second-order valence-corrected chi connectivity index (χ2v) is 4.98. The van der Waals surface area contributed by atoms with Gasteiger partial charge in [-0.15, -0.1) is 0 Å². The second-order valence-electron chi connectivity index (χ2n) is 4.98. The number of carbonyl (C=O) groups is 2. The van der Waals surface area contributed by atoms with E-state index in [0.29, 0.717) is 26.2 Å². The van der Waals surface area contributed by atoms with Gasteiger partial charge in [0, 0.05) is 26.2 Å². The van der Waals surface area contributed by atoms with Gasteiger partial charge in [0.25, 0.3) is 0 Å². The predicted molar refractivity (Wildman–Crippen MR) is 89.1 cm³/mol. The third-order valence-corrected chi connectivity index (χ3v) is 3.61. The molecule has 0 saturated carbocycles. The lowest BCUT2D eigenvalue weighted by molar-refractivity contribution is 0.146. The average molecular weight is 322 g/mol. The van der Waals surface area contributed by atoms with Crippen LogP contribution in [0.15, 0.2) is 18.2 Å². The molecule has 23 heavy (non-hydrogen) atoms. The summed E-state index contributed by atoms with van der Waals surface area (Å²) in [6, 6.07) is 5.19. The Balaban J connectivity index is 3.00. The summed E-state index contributed by atoms with van der Waals surface area (Å²) in [5, 5.41) is 0. The van der Waals surface area contributed by atoms with Crippen LogP contribution in [-0.4, -0.2) is 48.2 Å². The van der Waals surface area contributed by atoms with Crippen molar-refractivity contribution in [3.8, 4) is 11.5 Å². The lowest BCUT2D eigenvalue weighted by Gasteiger charge is -2.21. The first-order chi connectivity index (χ1) is 11.0. The number of amides is 2. The molecule has 1 rings (SSSR count). The highest BCUT2D eigenvalue weighted by atomic mass is 16.6. The third kappa shape index (κ3) is 4.87. The van der Waals surface area contributed by atoms with Crippen LogP contribution in [0.4, 0.5) is 9.59 Å². The summed E-state index contributed by atoms with van der Waals surface area (Å²) in [5.41, 5.74) is 0.732. The van der Waals surface area contributed by atoms with Crippen LogP contribution < -0.4 is 9.47 Å². The SMILES string of the molecule is CCN(CC)C(=O)Oc1cccc(C)c1OC(=O)N(CC)CC. The fraction of sp³-hybridized carbons (Fsp3) is 0.529. The molecule has 1 aromatic carbocycles. The van der Waals surface area contributed by atoms with Crippen LogP contribution >= 0.6 is 0 Å². The van der Waals surface area contributed by atoms with Crippen molar-refractivity contribution in [2.24, 2.45) is 0 Å². The molecule has 6 nitrogen and oxygen atoms in total. The van der Waals surface area contributed by atoms with Crippen molar-refractivity contribution in [3.05, 3.63) is 23.8 Å². The Labute approximate surface area is 138 Å². The topological polar surface area (TPSA) is 59.1 Å². The van der Waals surface area contributed by atoms with E-state index >= 15 is 0 Å². The molecule has 128 valence electrons. The van der Waals surface area contributed by atoms with Crippen molar-refractivity contribution in [2.45, 2.75) is 34.6 Å². The number of benzene rings is 1. The molecule has 0 aliphatic carbocycles. The monoisotopic (exact) mass is 322 g/mol. The average Bonchev–Trinajstić information content (AvgIpc) is 2.53. The van der Waals surface area contributed by atoms with E-state index in [4.69, 9.17) is 9.47 Å². The van der Waals surface area contributed by atoms with Crippen molar-refractivity contribution in [3.63, 3.8) is 0 Å². The Bertz CT molecular complexity index is 537. The Hall–Kier alpha value is -2.24. The lowest BCUT2D eigenvalue weighted by atomic mass is 10.2. The van der Waals surface area contributed by atoms with Crippen molar-refractivity contribution in [1.82, 2.24) is 9.80 Å². The maximum absolute atomic E-state index is 12.2. The Kier molecular flexibility index (Phi) is 7.38. The molecular formula is C17H26N2O4. The van der Waals surface area contributed by atoms with Gasteiger partial charge in [0.1, 0.15) is 0 Å². The molecule has 6 heteroatoms. The zero-order valence-corrected chi connectivity index (χ0v) is 14.6. The fourth-order valence-corrected chi connectivity index (χ4v) is 2.11. The summed E-state index contributed by atoms with van der Waals surface area (Å²) in [5.74, 6) is 0.535. The van der Waals surface area contributed by atoms with E-state index in [0.717, 1.165) is 5.56 Å². The lowest BCUT2D eigenvalue weighted by Crippen LogP contribution is -2.34. The number of aryl methyl sites for hydroxylation is 1. The van der Waals surface area contributed by atoms with Gasteiger partial charge in [0.15, 0.2) is 11.5 Å². The standard InChI is InChI=1S/C17H26N2O4/c1-6-18(7-2)16(20)22-14-12-10-11-13(5)15(14)23-17(21)19(8-3)9-4/h10-12H,6-9H2,1-5H3. The maximum Gasteiger partial charge on any atom is 0.415 e. The largest absolute Gasteiger partial charge is 0.415 e. The minimum atomic E-state index is -0.458. The zero-order valence-electron chi connectivity index (χ0n) is 14.6. The van der Waals surface area contributed by atoms with Gasteiger partial charge in [-0.1, -0.05) is 12.1 Å². The van der Waals surface area contributed by atoms with Gasteiger partial charge in [0.05, 0.1) is 0 Å². The Morgan fingerprint density at radius 1 is 0.870 bits per heavy atom. The maximum atomic E-state index is 12.2. The molecule has 0 bridgehead atoms. The van der Waals surface area contributed by atoms with E-state index < -0.39 is 12.2 Å². The van der Waals surface area contributed by atoms with Crippen molar-refractivity contribution in [1.29, 1.82) is 0 Å². The minimum absolute atomic E-state index is 0.252. The van der Waals surface area contributed by atoms with Crippen LogP contribution in [0.2, 0.25) is 0 Å². The smallest absolute Gasteiger partial charge is 0.406 e. The number of rotatable bonds is 6. The fourth-order valence-electron chi connectivity index (χ4n) is 2.11. The molecule has 1 aromatic rings. The molecule has 0 saturated heterocycles. The van der Waals surface area contributed by atoms with Gasteiger partial charge < -0.3 is 19.3 Å². The molecular weight excluding hydrogens is 296 g/mol. The third-order valence-electron chi connectivity index (χ3n) is 3.61. The van der Waals surface area contributed by atoms with Crippen LogP contribution in [0.1, 0.15) is 33.3 Å². The number of ether oxygens (including phenoxy) is 2. The number of carbonyl (C=O) groups excluding carboxylic acids is 2. The van der Waals surface area contributed by atoms with E-state index in [1.807, 2.05) is 27.7 Å². The quantitative estimate of drug-likeness (QED) is 0.801. The van der Waals surface area contributed by atoms with Gasteiger partial charge in [-0.05, 0) is 46.2 Å². The van der Waals surface area contributed by atoms with E-state index in [2.05, 4.69) is 0 Å². The Morgan fingerprint density at radius 3 is 1.83 bits per heavy atom. The molecule has 2 amide bonds. The van der Waals surface area contributed by atoms with E-state index in [-0.39, 0.29) is 11.5 Å². The highest BCUT2D eigenvalue weighted by Gasteiger charge is 2.20. The van der Waals surface area contributed by atoms with Crippen molar-refractivity contribution < 1.29 is 19.1 Å². The molecule has 0 aliphatic rings. The first kappa shape index (κ1) is 18.8. The molecule has 0 atom stereocenters.